The number of fused-ring (bicyclic) bond motifs is 1. The molecule has 0 unspecified atom stereocenters. The maximum atomic E-state index is 12.7. The summed E-state index contributed by atoms with van der Waals surface area (Å²) >= 11 is 0. The largest absolute Gasteiger partial charge is 0.486 e. The van der Waals surface area contributed by atoms with Gasteiger partial charge in [-0.25, -0.2) is 13.2 Å². The van der Waals surface area contributed by atoms with Gasteiger partial charge in [0.1, 0.15) is 19.8 Å². The van der Waals surface area contributed by atoms with Gasteiger partial charge in [-0.15, -0.1) is 0 Å². The zero-order valence-electron chi connectivity index (χ0n) is 17.5. The molecule has 0 saturated carbocycles. The normalized spacial score (nSPS) is 12.8. The van der Waals surface area contributed by atoms with Crippen LogP contribution < -0.4 is 30.8 Å². The summed E-state index contributed by atoms with van der Waals surface area (Å²) in [5, 5.41) is 2.61. The van der Waals surface area contributed by atoms with E-state index in [1.807, 2.05) is 0 Å². The third-order valence-corrected chi connectivity index (χ3v) is 6.20. The summed E-state index contributed by atoms with van der Waals surface area (Å²) in [5.74, 6) is 0.361. The molecule has 4 rings (SSSR count). The Balaban J connectivity index is 1.42. The van der Waals surface area contributed by atoms with Gasteiger partial charge in [-0.3, -0.25) is 23.4 Å². The van der Waals surface area contributed by atoms with Gasteiger partial charge in [0.2, 0.25) is 5.91 Å². The number of rotatable bonds is 6. The molecule has 12 heteroatoms. The van der Waals surface area contributed by atoms with Gasteiger partial charge < -0.3 is 14.8 Å². The van der Waals surface area contributed by atoms with Crippen LogP contribution in [0.25, 0.3) is 0 Å². The van der Waals surface area contributed by atoms with Gasteiger partial charge >= 0.3 is 5.69 Å². The van der Waals surface area contributed by atoms with Crippen LogP contribution in [-0.2, 0) is 28.4 Å². The first-order chi connectivity index (χ1) is 15.7. The smallest absolute Gasteiger partial charge is 0.331 e. The highest BCUT2D eigenvalue weighted by Crippen LogP contribution is 2.32. The Morgan fingerprint density at radius 1 is 0.970 bits per heavy atom. The molecule has 0 atom stereocenters. The van der Waals surface area contributed by atoms with Gasteiger partial charge in [0.25, 0.3) is 15.6 Å². The quantitative estimate of drug-likeness (QED) is 0.540. The number of amides is 1. The molecule has 0 radical (unpaired) electrons. The van der Waals surface area contributed by atoms with Crippen LogP contribution in [0.5, 0.6) is 11.5 Å². The second-order valence-corrected chi connectivity index (χ2v) is 8.84. The molecule has 1 amide bonds. The van der Waals surface area contributed by atoms with Crippen molar-refractivity contribution < 1.29 is 22.7 Å². The molecular formula is C21H20N4O7S. The lowest BCUT2D eigenvalue weighted by molar-refractivity contribution is -0.116. The molecule has 0 fully saturated rings. The summed E-state index contributed by atoms with van der Waals surface area (Å²) < 4.78 is 40.7. The minimum absolute atomic E-state index is 0.0202. The minimum Gasteiger partial charge on any atom is -0.486 e. The topological polar surface area (TPSA) is 138 Å². The van der Waals surface area contributed by atoms with Crippen LogP contribution in [-0.4, -0.2) is 36.7 Å². The van der Waals surface area contributed by atoms with Gasteiger partial charge in [0.05, 0.1) is 4.90 Å². The molecule has 11 nitrogen and oxygen atoms in total. The van der Waals surface area contributed by atoms with E-state index in [2.05, 4.69) is 10.0 Å². The first-order valence-corrected chi connectivity index (χ1v) is 11.3. The Bertz CT molecular complexity index is 1430. The van der Waals surface area contributed by atoms with Crippen molar-refractivity contribution in [3.05, 3.63) is 75.6 Å². The van der Waals surface area contributed by atoms with E-state index in [0.29, 0.717) is 30.4 Å². The number of aromatic nitrogens is 2. The standard InChI is InChI=1S/C21H20N4O7S/c1-24-20(27)8-9-25(21(24)28)13-19(26)22-14-2-4-15(5-3-14)23-33(29,30)16-6-7-17-18(12-16)32-11-10-31-17/h2-9,12,23H,10-11,13H2,1H3,(H,22,26). The Morgan fingerprint density at radius 2 is 1.64 bits per heavy atom. The van der Waals surface area contributed by atoms with Gasteiger partial charge in [0.15, 0.2) is 11.5 Å². The van der Waals surface area contributed by atoms with Crippen molar-refractivity contribution in [1.82, 2.24) is 9.13 Å². The fourth-order valence-corrected chi connectivity index (χ4v) is 4.19. The van der Waals surface area contributed by atoms with Crippen molar-refractivity contribution >= 4 is 27.3 Å². The van der Waals surface area contributed by atoms with E-state index in [9.17, 15) is 22.8 Å². The zero-order valence-corrected chi connectivity index (χ0v) is 18.3. The second-order valence-electron chi connectivity index (χ2n) is 7.16. The summed E-state index contributed by atoms with van der Waals surface area (Å²) in [5.41, 5.74) is -0.384. The van der Waals surface area contributed by atoms with Crippen molar-refractivity contribution in [1.29, 1.82) is 0 Å². The lowest BCUT2D eigenvalue weighted by Crippen LogP contribution is -2.38. The number of carbonyl (C=O) groups is 1. The van der Waals surface area contributed by atoms with Crippen LogP contribution in [0, 0.1) is 0 Å². The van der Waals surface area contributed by atoms with Crippen LogP contribution in [0.3, 0.4) is 0 Å². The maximum absolute atomic E-state index is 12.7. The molecule has 1 aliphatic rings. The van der Waals surface area contributed by atoms with E-state index in [0.717, 1.165) is 9.13 Å². The number of hydrogen-bond donors (Lipinski definition) is 2. The van der Waals surface area contributed by atoms with Crippen LogP contribution in [0.4, 0.5) is 11.4 Å². The summed E-state index contributed by atoms with van der Waals surface area (Å²) in [7, 11) is -2.55. The highest BCUT2D eigenvalue weighted by molar-refractivity contribution is 7.92. The Morgan fingerprint density at radius 3 is 2.36 bits per heavy atom. The fourth-order valence-electron chi connectivity index (χ4n) is 3.12. The van der Waals surface area contributed by atoms with Gasteiger partial charge in [-0.05, 0) is 36.4 Å². The third kappa shape index (κ3) is 4.90. The van der Waals surface area contributed by atoms with E-state index in [4.69, 9.17) is 9.47 Å². The minimum atomic E-state index is -3.87. The van der Waals surface area contributed by atoms with Crippen molar-refractivity contribution in [2.75, 3.05) is 23.3 Å². The number of nitrogens with one attached hydrogen (secondary N) is 2. The van der Waals surface area contributed by atoms with Crippen molar-refractivity contribution in [3.63, 3.8) is 0 Å². The molecule has 1 aliphatic heterocycles. The molecule has 0 saturated heterocycles. The molecule has 33 heavy (non-hydrogen) atoms. The molecule has 0 aliphatic carbocycles. The number of sulfonamides is 1. The number of carbonyl (C=O) groups excluding carboxylic acids is 1. The molecule has 0 spiro atoms. The molecule has 2 heterocycles. The van der Waals surface area contributed by atoms with E-state index < -0.39 is 27.2 Å². The monoisotopic (exact) mass is 472 g/mol. The zero-order chi connectivity index (χ0) is 23.6. The average Bonchev–Trinajstić information content (AvgIpc) is 2.80. The average molecular weight is 472 g/mol. The van der Waals surface area contributed by atoms with Crippen LogP contribution in [0.15, 0.2) is 69.2 Å². The predicted octanol–water partition coefficient (Wildman–Crippen LogP) is 0.758. The number of ether oxygens (including phenoxy) is 2. The molecule has 2 aromatic carbocycles. The van der Waals surface area contributed by atoms with Gasteiger partial charge in [-0.1, -0.05) is 0 Å². The van der Waals surface area contributed by atoms with Crippen molar-refractivity contribution in [3.8, 4) is 11.5 Å². The highest BCUT2D eigenvalue weighted by Gasteiger charge is 2.19. The fraction of sp³-hybridized carbons (Fsp3) is 0.190. The summed E-state index contributed by atoms with van der Waals surface area (Å²) in [6.07, 6.45) is 1.25. The molecular weight excluding hydrogens is 452 g/mol. The first-order valence-electron chi connectivity index (χ1n) is 9.82. The van der Waals surface area contributed by atoms with E-state index in [-0.39, 0.29) is 17.1 Å². The molecule has 2 N–H and O–H groups in total. The second kappa shape index (κ2) is 8.82. The van der Waals surface area contributed by atoms with Crippen molar-refractivity contribution in [2.24, 2.45) is 7.05 Å². The summed E-state index contributed by atoms with van der Waals surface area (Å²) in [4.78, 5) is 35.7. The first kappa shape index (κ1) is 22.1. The predicted molar refractivity (Wildman–Crippen MR) is 119 cm³/mol. The van der Waals surface area contributed by atoms with Crippen LogP contribution in [0.1, 0.15) is 0 Å². The maximum Gasteiger partial charge on any atom is 0.331 e. The lowest BCUT2D eigenvalue weighted by Gasteiger charge is -2.19. The number of anilines is 2. The molecule has 1 aromatic heterocycles. The highest BCUT2D eigenvalue weighted by atomic mass is 32.2. The van der Waals surface area contributed by atoms with Gasteiger partial charge in [-0.2, -0.15) is 0 Å². The summed E-state index contributed by atoms with van der Waals surface area (Å²) in [6, 6.07) is 11.6. The van der Waals surface area contributed by atoms with Crippen LogP contribution in [0.2, 0.25) is 0 Å². The van der Waals surface area contributed by atoms with Crippen LogP contribution >= 0.6 is 0 Å². The van der Waals surface area contributed by atoms with Gasteiger partial charge in [0, 0.05) is 36.8 Å². The Kier molecular flexibility index (Phi) is 5.92. The SMILES string of the molecule is Cn1c(=O)ccn(CC(=O)Nc2ccc(NS(=O)(=O)c3ccc4c(c3)OCCO4)cc2)c1=O. The number of hydrogen-bond acceptors (Lipinski definition) is 7. The van der Waals surface area contributed by atoms with E-state index in [1.165, 1.54) is 61.8 Å². The van der Waals surface area contributed by atoms with Crippen molar-refractivity contribution in [2.45, 2.75) is 11.4 Å². The van der Waals surface area contributed by atoms with E-state index >= 15 is 0 Å². The summed E-state index contributed by atoms with van der Waals surface area (Å²) in [6.45, 7) is 0.460. The van der Waals surface area contributed by atoms with E-state index in [1.54, 1.807) is 0 Å². The number of benzene rings is 2. The third-order valence-electron chi connectivity index (χ3n) is 4.82. The number of nitrogens with zero attached hydrogens (tertiary/aromatic N) is 2. The lowest BCUT2D eigenvalue weighted by atomic mass is 10.3. The molecule has 3 aromatic rings. The Hall–Kier alpha value is -4.06. The molecule has 172 valence electrons. The molecule has 0 bridgehead atoms. The Labute approximate surface area is 188 Å².